The van der Waals surface area contributed by atoms with Crippen LogP contribution >= 0.6 is 7.60 Å². The average Bonchev–Trinajstić information content (AvgIpc) is 2.86. The van der Waals surface area contributed by atoms with Gasteiger partial charge in [0.15, 0.2) is 5.28 Å². The summed E-state index contributed by atoms with van der Waals surface area (Å²) in [5.41, 5.74) is -0.122. The Morgan fingerprint density at radius 2 is 1.41 bits per heavy atom. The van der Waals surface area contributed by atoms with E-state index in [1.165, 1.54) is 48.5 Å². The Bertz CT molecular complexity index is 1410. The maximum absolute atomic E-state index is 14.7. The topological polar surface area (TPSA) is 133 Å². The third-order valence-electron chi connectivity index (χ3n) is 5.78. The molecule has 0 aliphatic heterocycles. The number of fused-ring (bicyclic) bond motifs is 1. The lowest BCUT2D eigenvalue weighted by Gasteiger charge is -2.40. The molecule has 0 radical (unpaired) electrons. The molecule has 37 heavy (non-hydrogen) atoms. The van der Waals surface area contributed by atoms with Crippen LogP contribution in [0.15, 0.2) is 70.5 Å². The number of carbonyl (C=O) groups excluding carboxylic acids is 1. The third-order valence-corrected chi connectivity index (χ3v) is 10.8. The predicted molar refractivity (Wildman–Crippen MR) is 141 cm³/mol. The maximum atomic E-state index is 14.7. The van der Waals surface area contributed by atoms with Crippen LogP contribution in [0.2, 0.25) is 0 Å². The van der Waals surface area contributed by atoms with Crippen molar-refractivity contribution < 1.29 is 35.2 Å². The first-order valence-corrected chi connectivity index (χ1v) is 16.9. The van der Waals surface area contributed by atoms with E-state index in [2.05, 4.69) is 4.72 Å². The monoisotopic (exact) mass is 569 g/mol. The van der Waals surface area contributed by atoms with Gasteiger partial charge in [-0.2, -0.15) is 4.72 Å². The summed E-state index contributed by atoms with van der Waals surface area (Å²) in [6.07, 6.45) is 4.14. The lowest BCUT2D eigenvalue weighted by molar-refractivity contribution is 0.103. The van der Waals surface area contributed by atoms with Crippen LogP contribution in [0, 0.1) is 0 Å². The summed E-state index contributed by atoms with van der Waals surface area (Å²) in [6.45, 7) is 3.74. The van der Waals surface area contributed by atoms with Crippen LogP contribution in [0.5, 0.6) is 0 Å². The quantitative estimate of drug-likeness (QED) is 0.269. The molecule has 0 amide bonds. The van der Waals surface area contributed by atoms with Gasteiger partial charge in [0.2, 0.25) is 25.6 Å². The summed E-state index contributed by atoms with van der Waals surface area (Å²) in [5, 5.41) is -2.30. The van der Waals surface area contributed by atoms with Crippen LogP contribution in [-0.4, -0.2) is 42.1 Å². The Labute approximate surface area is 218 Å². The smallest absolute Gasteiger partial charge is 0.307 e. The summed E-state index contributed by atoms with van der Waals surface area (Å²) >= 11 is 0. The molecule has 0 saturated heterocycles. The molecule has 1 atom stereocenters. The number of hydrogen-bond acceptors (Lipinski definition) is 8. The molecule has 1 N–H and O–H groups in total. The molecule has 1 unspecified atom stereocenters. The van der Waals surface area contributed by atoms with E-state index in [-0.39, 0.29) is 29.2 Å². The van der Waals surface area contributed by atoms with Crippen molar-refractivity contribution in [3.05, 3.63) is 76.7 Å². The summed E-state index contributed by atoms with van der Waals surface area (Å²) in [6, 6.07) is 13.1. The molecule has 2 aromatic carbocycles. The van der Waals surface area contributed by atoms with Crippen LogP contribution in [-0.2, 0) is 38.8 Å². The summed E-state index contributed by atoms with van der Waals surface area (Å²) in [7, 11) is -13.1. The van der Waals surface area contributed by atoms with Gasteiger partial charge in [-0.05, 0) is 31.1 Å². The summed E-state index contributed by atoms with van der Waals surface area (Å²) in [4.78, 5) is 12.7. The van der Waals surface area contributed by atoms with E-state index in [1.807, 2.05) is 13.8 Å². The second-order valence-corrected chi connectivity index (χ2v) is 14.6. The maximum Gasteiger partial charge on any atom is 0.360 e. The zero-order valence-electron chi connectivity index (χ0n) is 21.0. The summed E-state index contributed by atoms with van der Waals surface area (Å²) in [5.74, 6) is -0.848. The number of carbonyl (C=O) groups is 1. The number of allylic oxidation sites excluding steroid dienone is 1. The molecule has 12 heteroatoms. The lowest BCUT2D eigenvalue weighted by atomic mass is 9.92. The van der Waals surface area contributed by atoms with Gasteiger partial charge >= 0.3 is 7.60 Å². The van der Waals surface area contributed by atoms with Gasteiger partial charge in [-0.25, -0.2) is 16.8 Å². The van der Waals surface area contributed by atoms with E-state index in [1.54, 1.807) is 6.07 Å². The Hall–Kier alpha value is -2.14. The Morgan fingerprint density at radius 3 is 1.95 bits per heavy atom. The van der Waals surface area contributed by atoms with Gasteiger partial charge in [-0.1, -0.05) is 69.2 Å². The minimum Gasteiger partial charge on any atom is -0.307 e. The van der Waals surface area contributed by atoms with Crippen molar-refractivity contribution in [1.29, 1.82) is 0 Å². The number of sulfone groups is 1. The largest absolute Gasteiger partial charge is 0.360 e. The van der Waals surface area contributed by atoms with Crippen molar-refractivity contribution in [2.45, 2.75) is 49.7 Å². The van der Waals surface area contributed by atoms with E-state index < -0.39 is 43.4 Å². The second kappa shape index (κ2) is 11.7. The number of ketones is 1. The standard InChI is InChI=1S/C25H32NO8PS2/c1-4-6-17-33-35(28,34-18-7-5-2)25(26-36(3,29)30)19-23(24(27)21-15-11-12-16-22(21)25)37(31,32)20-13-9-8-10-14-20/h8-16,19,26H,4-7,17-18H2,1-3H3. The van der Waals surface area contributed by atoms with Gasteiger partial charge in [0.05, 0.1) is 24.4 Å². The molecule has 2 aromatic rings. The summed E-state index contributed by atoms with van der Waals surface area (Å²) < 4.78 is 81.5. The van der Waals surface area contributed by atoms with Gasteiger partial charge in [0, 0.05) is 11.1 Å². The van der Waals surface area contributed by atoms with Crippen molar-refractivity contribution in [2.75, 3.05) is 19.5 Å². The van der Waals surface area contributed by atoms with Gasteiger partial charge in [0.25, 0.3) is 0 Å². The zero-order chi connectivity index (χ0) is 27.3. The van der Waals surface area contributed by atoms with Crippen LogP contribution in [0.25, 0.3) is 0 Å². The van der Waals surface area contributed by atoms with E-state index in [4.69, 9.17) is 9.05 Å². The average molecular weight is 570 g/mol. The van der Waals surface area contributed by atoms with Crippen molar-refractivity contribution in [3.8, 4) is 0 Å². The van der Waals surface area contributed by atoms with Crippen LogP contribution in [0.4, 0.5) is 0 Å². The SMILES string of the molecule is CCCCOP(=O)(OCCCC)C1(NS(C)(=O)=O)C=C(S(=O)(=O)c2ccccc2)C(=O)c2ccccc21. The minimum atomic E-state index is -4.52. The molecule has 0 heterocycles. The molecule has 0 fully saturated rings. The number of unbranched alkanes of at least 4 members (excludes halogenated alkanes) is 2. The van der Waals surface area contributed by atoms with Gasteiger partial charge in [-0.3, -0.25) is 9.36 Å². The fraction of sp³-hybridized carbons (Fsp3) is 0.400. The first-order chi connectivity index (χ1) is 17.4. The molecule has 1 aliphatic rings. The van der Waals surface area contributed by atoms with Crippen molar-refractivity contribution in [3.63, 3.8) is 0 Å². The van der Waals surface area contributed by atoms with Crippen molar-refractivity contribution in [1.82, 2.24) is 4.72 Å². The lowest BCUT2D eigenvalue weighted by Crippen LogP contribution is -2.48. The van der Waals surface area contributed by atoms with Gasteiger partial charge < -0.3 is 9.05 Å². The fourth-order valence-corrected chi connectivity index (χ4v) is 9.17. The van der Waals surface area contributed by atoms with E-state index >= 15 is 0 Å². The first-order valence-electron chi connectivity index (χ1n) is 12.0. The molecule has 1 aliphatic carbocycles. The zero-order valence-corrected chi connectivity index (χ0v) is 23.6. The van der Waals surface area contributed by atoms with Crippen LogP contribution in [0.1, 0.15) is 55.5 Å². The Kier molecular flexibility index (Phi) is 9.32. The van der Waals surface area contributed by atoms with Gasteiger partial charge in [0.1, 0.15) is 4.91 Å². The number of benzene rings is 2. The predicted octanol–water partition coefficient (Wildman–Crippen LogP) is 4.77. The Balaban J connectivity index is 2.40. The fourth-order valence-electron chi connectivity index (χ4n) is 3.95. The second-order valence-electron chi connectivity index (χ2n) is 8.71. The van der Waals surface area contributed by atoms with E-state index in [0.717, 1.165) is 12.3 Å². The molecule has 0 saturated carbocycles. The molecule has 202 valence electrons. The number of hydrogen-bond donors (Lipinski definition) is 1. The number of sulfonamides is 1. The number of rotatable bonds is 13. The number of nitrogens with one attached hydrogen (secondary N) is 1. The number of Topliss-reactive ketones (excluding diaryl/α,β-unsaturated/α-hetero) is 1. The molecular weight excluding hydrogens is 537 g/mol. The van der Waals surface area contributed by atoms with E-state index in [9.17, 15) is 26.2 Å². The van der Waals surface area contributed by atoms with Crippen molar-refractivity contribution >= 4 is 33.2 Å². The Morgan fingerprint density at radius 1 is 0.865 bits per heavy atom. The highest BCUT2D eigenvalue weighted by Crippen LogP contribution is 2.66. The first kappa shape index (κ1) is 29.4. The highest BCUT2D eigenvalue weighted by atomic mass is 32.2. The third kappa shape index (κ3) is 6.13. The van der Waals surface area contributed by atoms with Crippen molar-refractivity contribution in [2.24, 2.45) is 0 Å². The normalized spacial score (nSPS) is 18.4. The highest BCUT2D eigenvalue weighted by molar-refractivity contribution is 7.96. The molecule has 9 nitrogen and oxygen atoms in total. The molecular formula is C25H32NO8PS2. The van der Waals surface area contributed by atoms with E-state index in [0.29, 0.717) is 25.7 Å². The minimum absolute atomic E-state index is 0.00577. The molecule has 0 spiro atoms. The van der Waals surface area contributed by atoms with Crippen LogP contribution in [0.3, 0.4) is 0 Å². The molecule has 0 aromatic heterocycles. The molecule has 0 bridgehead atoms. The van der Waals surface area contributed by atoms with Crippen LogP contribution < -0.4 is 4.72 Å². The van der Waals surface area contributed by atoms with Gasteiger partial charge in [-0.15, -0.1) is 0 Å². The highest BCUT2D eigenvalue weighted by Gasteiger charge is 2.58. The molecule has 3 rings (SSSR count).